The lowest BCUT2D eigenvalue weighted by molar-refractivity contribution is 0.102. The number of nitrogens with two attached hydrogens (primary N) is 1. The first kappa shape index (κ1) is 13.2. The molecule has 0 aliphatic heterocycles. The maximum atomic E-state index is 7.58. The fourth-order valence-electron chi connectivity index (χ4n) is 2.44. The normalized spacial score (nSPS) is 23.7. The van der Waals surface area contributed by atoms with Crippen LogP contribution in [-0.2, 0) is 0 Å². The maximum absolute atomic E-state index is 7.58. The largest absolute Gasteiger partial charge is 0.489 e. The first-order valence-corrected chi connectivity index (χ1v) is 6.76. The van der Waals surface area contributed by atoms with E-state index < -0.39 is 0 Å². The van der Waals surface area contributed by atoms with Crippen LogP contribution in [0, 0.1) is 11.3 Å². The quantitative estimate of drug-likeness (QED) is 0.649. The summed E-state index contributed by atoms with van der Waals surface area (Å²) in [5, 5.41) is 8.15. The molecule has 0 spiro atoms. The van der Waals surface area contributed by atoms with Crippen molar-refractivity contribution in [2.45, 2.75) is 38.7 Å². The predicted octanol–water partition coefficient (Wildman–Crippen LogP) is 3.58. The highest BCUT2D eigenvalue weighted by Gasteiger charge is 2.24. The van der Waals surface area contributed by atoms with Crippen LogP contribution in [0.3, 0.4) is 0 Å². The fourth-order valence-corrected chi connectivity index (χ4v) is 2.61. The Morgan fingerprint density at radius 1 is 1.39 bits per heavy atom. The average molecular weight is 267 g/mol. The molecular weight excluding hydrogens is 248 g/mol. The van der Waals surface area contributed by atoms with Gasteiger partial charge in [-0.05, 0) is 43.4 Å². The minimum Gasteiger partial charge on any atom is -0.489 e. The van der Waals surface area contributed by atoms with Crippen LogP contribution >= 0.6 is 11.6 Å². The standard InChI is InChI=1S/C14H19ClN2O/c1-9-4-2-3-5-12(9)18-13-7-6-10(15)8-11(13)14(16)17/h6-9,12H,2-5H2,1H3,(H3,16,17). The van der Waals surface area contributed by atoms with Gasteiger partial charge in [-0.1, -0.05) is 24.9 Å². The average Bonchev–Trinajstić information content (AvgIpc) is 2.34. The van der Waals surface area contributed by atoms with Gasteiger partial charge in [-0.25, -0.2) is 0 Å². The van der Waals surface area contributed by atoms with E-state index >= 15 is 0 Å². The van der Waals surface area contributed by atoms with Crippen LogP contribution in [0.5, 0.6) is 5.75 Å². The summed E-state index contributed by atoms with van der Waals surface area (Å²) >= 11 is 5.92. The molecule has 0 bridgehead atoms. The molecule has 2 unspecified atom stereocenters. The molecule has 4 heteroatoms. The van der Waals surface area contributed by atoms with E-state index in [4.69, 9.17) is 27.5 Å². The molecule has 3 N–H and O–H groups in total. The summed E-state index contributed by atoms with van der Waals surface area (Å²) in [6, 6.07) is 5.27. The maximum Gasteiger partial charge on any atom is 0.130 e. The van der Waals surface area contributed by atoms with Crippen LogP contribution in [0.1, 0.15) is 38.2 Å². The number of ether oxygens (including phenoxy) is 1. The van der Waals surface area contributed by atoms with Crippen molar-refractivity contribution in [1.82, 2.24) is 0 Å². The summed E-state index contributed by atoms with van der Waals surface area (Å²) in [5.41, 5.74) is 6.15. The number of rotatable bonds is 3. The third-order valence-electron chi connectivity index (χ3n) is 3.54. The molecule has 1 aromatic carbocycles. The molecule has 1 fully saturated rings. The molecule has 0 aromatic heterocycles. The minimum atomic E-state index is -0.00374. The molecule has 0 saturated heterocycles. The van der Waals surface area contributed by atoms with Crippen LogP contribution < -0.4 is 10.5 Å². The van der Waals surface area contributed by atoms with Crippen LogP contribution in [0.4, 0.5) is 0 Å². The van der Waals surface area contributed by atoms with E-state index in [0.29, 0.717) is 22.3 Å². The highest BCUT2D eigenvalue weighted by atomic mass is 35.5. The van der Waals surface area contributed by atoms with Crippen LogP contribution in [-0.4, -0.2) is 11.9 Å². The van der Waals surface area contributed by atoms with Crippen LogP contribution in [0.15, 0.2) is 18.2 Å². The first-order valence-electron chi connectivity index (χ1n) is 6.38. The molecule has 0 radical (unpaired) electrons. The zero-order chi connectivity index (χ0) is 13.1. The van der Waals surface area contributed by atoms with Crippen molar-refractivity contribution in [3.63, 3.8) is 0 Å². The van der Waals surface area contributed by atoms with Gasteiger partial charge in [-0.2, -0.15) is 0 Å². The molecular formula is C14H19ClN2O. The molecule has 1 saturated carbocycles. The Kier molecular flexibility index (Phi) is 4.12. The van der Waals surface area contributed by atoms with Gasteiger partial charge in [0.15, 0.2) is 0 Å². The topological polar surface area (TPSA) is 59.1 Å². The van der Waals surface area contributed by atoms with E-state index in [1.54, 1.807) is 18.2 Å². The van der Waals surface area contributed by atoms with Gasteiger partial charge in [-0.15, -0.1) is 0 Å². The Labute approximate surface area is 113 Å². The monoisotopic (exact) mass is 266 g/mol. The van der Waals surface area contributed by atoms with E-state index in [9.17, 15) is 0 Å². The van der Waals surface area contributed by atoms with E-state index in [1.165, 1.54) is 19.3 Å². The number of hydrogen-bond donors (Lipinski definition) is 2. The van der Waals surface area contributed by atoms with Crippen molar-refractivity contribution in [2.75, 3.05) is 0 Å². The van der Waals surface area contributed by atoms with Gasteiger partial charge < -0.3 is 10.5 Å². The Hall–Kier alpha value is -1.22. The van der Waals surface area contributed by atoms with Crippen molar-refractivity contribution < 1.29 is 4.74 Å². The lowest BCUT2D eigenvalue weighted by atomic mass is 9.88. The van der Waals surface area contributed by atoms with E-state index in [-0.39, 0.29) is 11.9 Å². The SMILES string of the molecule is CC1CCCCC1Oc1ccc(Cl)cc1C(=N)N. The van der Waals surface area contributed by atoms with E-state index in [0.717, 1.165) is 6.42 Å². The predicted molar refractivity (Wildman–Crippen MR) is 74.5 cm³/mol. The van der Waals surface area contributed by atoms with E-state index in [1.807, 2.05) is 0 Å². The summed E-state index contributed by atoms with van der Waals surface area (Å²) < 4.78 is 6.04. The number of halogens is 1. The van der Waals surface area contributed by atoms with E-state index in [2.05, 4.69) is 6.92 Å². The summed E-state index contributed by atoms with van der Waals surface area (Å²) in [5.74, 6) is 1.22. The third-order valence-corrected chi connectivity index (χ3v) is 3.78. The van der Waals surface area contributed by atoms with Gasteiger partial charge in [-0.3, -0.25) is 5.41 Å². The van der Waals surface area contributed by atoms with Gasteiger partial charge in [0, 0.05) is 5.02 Å². The summed E-state index contributed by atoms with van der Waals surface area (Å²) in [6.45, 7) is 2.22. The highest BCUT2D eigenvalue weighted by Crippen LogP contribution is 2.30. The van der Waals surface area contributed by atoms with Crippen LogP contribution in [0.25, 0.3) is 0 Å². The summed E-state index contributed by atoms with van der Waals surface area (Å²) in [4.78, 5) is 0. The Balaban J connectivity index is 2.20. The van der Waals surface area contributed by atoms with Crippen molar-refractivity contribution >= 4 is 17.4 Å². The molecule has 18 heavy (non-hydrogen) atoms. The molecule has 0 heterocycles. The summed E-state index contributed by atoms with van der Waals surface area (Å²) in [7, 11) is 0. The molecule has 3 nitrogen and oxygen atoms in total. The zero-order valence-electron chi connectivity index (χ0n) is 10.6. The molecule has 2 atom stereocenters. The van der Waals surface area contributed by atoms with Crippen molar-refractivity contribution in [2.24, 2.45) is 11.7 Å². The van der Waals surface area contributed by atoms with Gasteiger partial charge in [0.1, 0.15) is 17.7 Å². The molecule has 1 aliphatic carbocycles. The number of nitrogen functional groups attached to an aromatic ring is 1. The number of benzene rings is 1. The minimum absolute atomic E-state index is 0.00374. The number of hydrogen-bond acceptors (Lipinski definition) is 2. The van der Waals surface area contributed by atoms with Crippen molar-refractivity contribution in [1.29, 1.82) is 5.41 Å². The second-order valence-electron chi connectivity index (χ2n) is 4.97. The lowest BCUT2D eigenvalue weighted by Crippen LogP contribution is -2.29. The molecule has 1 aromatic rings. The molecule has 98 valence electrons. The van der Waals surface area contributed by atoms with Crippen LogP contribution in [0.2, 0.25) is 5.02 Å². The van der Waals surface area contributed by atoms with Crippen molar-refractivity contribution in [3.8, 4) is 5.75 Å². The van der Waals surface area contributed by atoms with Gasteiger partial charge in [0.2, 0.25) is 0 Å². The molecule has 2 rings (SSSR count). The number of amidine groups is 1. The smallest absolute Gasteiger partial charge is 0.130 e. The fraction of sp³-hybridized carbons (Fsp3) is 0.500. The highest BCUT2D eigenvalue weighted by molar-refractivity contribution is 6.31. The summed E-state index contributed by atoms with van der Waals surface area (Å²) in [6.07, 6.45) is 4.98. The molecule has 1 aliphatic rings. The van der Waals surface area contributed by atoms with Crippen molar-refractivity contribution in [3.05, 3.63) is 28.8 Å². The second-order valence-corrected chi connectivity index (χ2v) is 5.41. The van der Waals surface area contributed by atoms with Gasteiger partial charge in [0.05, 0.1) is 5.56 Å². The van der Waals surface area contributed by atoms with Gasteiger partial charge >= 0.3 is 0 Å². The lowest BCUT2D eigenvalue weighted by Gasteiger charge is -2.30. The van der Waals surface area contributed by atoms with Gasteiger partial charge in [0.25, 0.3) is 0 Å². The Morgan fingerprint density at radius 2 is 2.11 bits per heavy atom. The first-order chi connectivity index (χ1) is 8.58. The zero-order valence-corrected chi connectivity index (χ0v) is 11.3. The second kappa shape index (κ2) is 5.61. The Bertz CT molecular complexity index is 447. The number of nitrogens with one attached hydrogen (secondary N) is 1. The molecule has 0 amide bonds. The third kappa shape index (κ3) is 2.96. The Morgan fingerprint density at radius 3 is 2.78 bits per heavy atom.